The van der Waals surface area contributed by atoms with Gasteiger partial charge < -0.3 is 10.1 Å². The average Bonchev–Trinajstić information content (AvgIpc) is 2.84. The number of aryl methyl sites for hydroxylation is 2. The highest BCUT2D eigenvalue weighted by atomic mass is 79.9. The zero-order chi connectivity index (χ0) is 26.7. The smallest absolute Gasteiger partial charge is 0.335 e. The topological polar surface area (TPSA) is 105 Å². The molecule has 1 heterocycles. The number of urea groups is 1. The molecule has 1 aliphatic heterocycles. The van der Waals surface area contributed by atoms with E-state index in [0.717, 1.165) is 16.0 Å². The minimum absolute atomic E-state index is 0.249. The lowest BCUT2D eigenvalue weighted by molar-refractivity contribution is -0.122. The molecule has 2 N–H and O–H groups in total. The van der Waals surface area contributed by atoms with Gasteiger partial charge in [-0.3, -0.25) is 19.7 Å². The molecule has 3 aromatic carbocycles. The van der Waals surface area contributed by atoms with E-state index < -0.39 is 17.8 Å². The highest BCUT2D eigenvalue weighted by Crippen LogP contribution is 2.28. The maximum Gasteiger partial charge on any atom is 0.335 e. The van der Waals surface area contributed by atoms with Crippen LogP contribution in [-0.4, -0.2) is 30.4 Å². The monoisotopic (exact) mass is 581 g/mol. The minimum Gasteiger partial charge on any atom is -0.483 e. The fourth-order valence-corrected chi connectivity index (χ4v) is 4.07. The number of amides is 5. The number of carbonyl (C=O) groups excluding carboxylic acids is 4. The maximum atomic E-state index is 13.2. The van der Waals surface area contributed by atoms with Crippen molar-refractivity contribution in [1.82, 2.24) is 5.32 Å². The number of nitrogens with one attached hydrogen (secondary N) is 2. The molecule has 0 aliphatic carbocycles. The summed E-state index contributed by atoms with van der Waals surface area (Å²) < 4.78 is 6.38. The highest BCUT2D eigenvalue weighted by molar-refractivity contribution is 9.10. The van der Waals surface area contributed by atoms with Crippen LogP contribution in [-0.2, 0) is 14.4 Å². The van der Waals surface area contributed by atoms with Crippen LogP contribution in [0.1, 0.15) is 16.7 Å². The van der Waals surface area contributed by atoms with Crippen molar-refractivity contribution in [1.29, 1.82) is 0 Å². The SMILES string of the molecule is Cc1ccc(NC(=O)COc2ccc(Br)cc2/C=C2/C(=O)NC(=O)N(c3ccc(Cl)cc3)C2=O)cc1C. The number of halogens is 2. The molecule has 8 nitrogen and oxygen atoms in total. The molecule has 5 amide bonds. The Labute approximate surface area is 226 Å². The molecule has 4 rings (SSSR count). The fourth-order valence-electron chi connectivity index (χ4n) is 3.56. The van der Waals surface area contributed by atoms with E-state index in [0.29, 0.717) is 20.7 Å². The van der Waals surface area contributed by atoms with Crippen LogP contribution in [0, 0.1) is 13.8 Å². The predicted octanol–water partition coefficient (Wildman–Crippen LogP) is 5.40. The third-order valence-corrected chi connectivity index (χ3v) is 6.35. The van der Waals surface area contributed by atoms with Crippen LogP contribution in [0.15, 0.2) is 70.7 Å². The van der Waals surface area contributed by atoms with Crippen molar-refractivity contribution >= 4 is 68.7 Å². The summed E-state index contributed by atoms with van der Waals surface area (Å²) in [6.07, 6.45) is 1.31. The van der Waals surface area contributed by atoms with Gasteiger partial charge in [0.05, 0.1) is 5.69 Å². The normalized spacial score (nSPS) is 14.5. The molecule has 0 spiro atoms. The second kappa shape index (κ2) is 11.0. The maximum absolute atomic E-state index is 13.2. The Morgan fingerprint density at radius 3 is 2.46 bits per heavy atom. The number of hydrogen-bond acceptors (Lipinski definition) is 5. The van der Waals surface area contributed by atoms with Gasteiger partial charge in [0.15, 0.2) is 6.61 Å². The minimum atomic E-state index is -0.872. The van der Waals surface area contributed by atoms with Gasteiger partial charge in [0.2, 0.25) is 0 Å². The van der Waals surface area contributed by atoms with E-state index in [-0.39, 0.29) is 29.5 Å². The summed E-state index contributed by atoms with van der Waals surface area (Å²) in [4.78, 5) is 51.5. The highest BCUT2D eigenvalue weighted by Gasteiger charge is 2.37. The van der Waals surface area contributed by atoms with Crippen molar-refractivity contribution in [2.45, 2.75) is 13.8 Å². The summed E-state index contributed by atoms with van der Waals surface area (Å²) in [5.41, 5.74) is 3.13. The van der Waals surface area contributed by atoms with Gasteiger partial charge in [0.1, 0.15) is 11.3 Å². The largest absolute Gasteiger partial charge is 0.483 e. The van der Waals surface area contributed by atoms with Gasteiger partial charge in [-0.1, -0.05) is 33.6 Å². The average molecular weight is 583 g/mol. The number of carbonyl (C=O) groups is 4. The van der Waals surface area contributed by atoms with E-state index in [9.17, 15) is 19.2 Å². The van der Waals surface area contributed by atoms with Gasteiger partial charge in [-0.05, 0) is 85.6 Å². The quantitative estimate of drug-likeness (QED) is 0.299. The van der Waals surface area contributed by atoms with Crippen molar-refractivity contribution in [3.63, 3.8) is 0 Å². The molecule has 0 bridgehead atoms. The van der Waals surface area contributed by atoms with Crippen molar-refractivity contribution in [3.8, 4) is 5.75 Å². The predicted molar refractivity (Wildman–Crippen MR) is 145 cm³/mol. The van der Waals surface area contributed by atoms with Crippen LogP contribution >= 0.6 is 27.5 Å². The first kappa shape index (κ1) is 26.1. The summed E-state index contributed by atoms with van der Waals surface area (Å²) >= 11 is 9.28. The Morgan fingerprint density at radius 2 is 1.76 bits per heavy atom. The Bertz CT molecular complexity index is 1450. The van der Waals surface area contributed by atoms with Crippen LogP contribution in [0.25, 0.3) is 6.08 Å². The molecule has 188 valence electrons. The molecule has 0 saturated carbocycles. The lowest BCUT2D eigenvalue weighted by Gasteiger charge is -2.26. The zero-order valence-corrected chi connectivity index (χ0v) is 22.1. The molecule has 0 radical (unpaired) electrons. The zero-order valence-electron chi connectivity index (χ0n) is 19.8. The van der Waals surface area contributed by atoms with E-state index in [1.807, 2.05) is 26.0 Å². The van der Waals surface area contributed by atoms with E-state index in [4.69, 9.17) is 16.3 Å². The van der Waals surface area contributed by atoms with Gasteiger partial charge in [-0.15, -0.1) is 0 Å². The Hall–Kier alpha value is -3.95. The first-order valence-electron chi connectivity index (χ1n) is 11.1. The molecule has 37 heavy (non-hydrogen) atoms. The number of benzene rings is 3. The molecular weight excluding hydrogens is 562 g/mol. The summed E-state index contributed by atoms with van der Waals surface area (Å²) in [6.45, 7) is 3.63. The summed E-state index contributed by atoms with van der Waals surface area (Å²) in [7, 11) is 0. The van der Waals surface area contributed by atoms with Crippen LogP contribution in [0.4, 0.5) is 16.2 Å². The van der Waals surface area contributed by atoms with E-state index in [2.05, 4.69) is 26.6 Å². The van der Waals surface area contributed by atoms with Gasteiger partial charge in [0.25, 0.3) is 17.7 Å². The van der Waals surface area contributed by atoms with Crippen LogP contribution in [0.2, 0.25) is 5.02 Å². The standard InChI is InChI=1S/C27H21BrClN3O5/c1-15-3-7-20(11-16(15)2)30-24(33)14-37-23-10-4-18(28)12-17(23)13-22-25(34)31-27(36)32(26(22)35)21-8-5-19(29)6-9-21/h3-13H,14H2,1-2H3,(H,30,33)(H,31,34,36)/b22-13-. The molecule has 0 atom stereocenters. The molecule has 1 aliphatic rings. The number of barbiturate groups is 1. The number of rotatable bonds is 6. The third-order valence-electron chi connectivity index (χ3n) is 5.61. The van der Waals surface area contributed by atoms with E-state index in [1.54, 1.807) is 24.3 Å². The van der Waals surface area contributed by atoms with Crippen molar-refractivity contribution in [2.24, 2.45) is 0 Å². The number of imide groups is 2. The number of nitrogens with zero attached hydrogens (tertiary/aromatic N) is 1. The van der Waals surface area contributed by atoms with Crippen LogP contribution in [0.3, 0.4) is 0 Å². The first-order chi connectivity index (χ1) is 17.6. The van der Waals surface area contributed by atoms with E-state index >= 15 is 0 Å². The second-order valence-electron chi connectivity index (χ2n) is 8.25. The molecule has 10 heteroatoms. The molecule has 0 unspecified atom stereocenters. The fraction of sp³-hybridized carbons (Fsp3) is 0.111. The molecule has 0 aromatic heterocycles. The van der Waals surface area contributed by atoms with Gasteiger partial charge in [0, 0.05) is 20.7 Å². The third kappa shape index (κ3) is 6.07. The molecule has 3 aromatic rings. The Morgan fingerprint density at radius 1 is 1.03 bits per heavy atom. The van der Waals surface area contributed by atoms with Gasteiger partial charge in [-0.25, -0.2) is 9.69 Å². The molecule has 1 fully saturated rings. The summed E-state index contributed by atoms with van der Waals surface area (Å²) in [6, 6.07) is 15.7. The van der Waals surface area contributed by atoms with E-state index in [1.165, 1.54) is 30.3 Å². The molecule has 1 saturated heterocycles. The van der Waals surface area contributed by atoms with Gasteiger partial charge in [-0.2, -0.15) is 0 Å². The lowest BCUT2D eigenvalue weighted by atomic mass is 10.1. The number of ether oxygens (including phenoxy) is 1. The van der Waals surface area contributed by atoms with Crippen LogP contribution < -0.4 is 20.3 Å². The lowest BCUT2D eigenvalue weighted by Crippen LogP contribution is -2.54. The van der Waals surface area contributed by atoms with Crippen molar-refractivity contribution < 1.29 is 23.9 Å². The summed E-state index contributed by atoms with van der Waals surface area (Å²) in [5.74, 6) is -1.77. The summed E-state index contributed by atoms with van der Waals surface area (Å²) in [5, 5.41) is 5.38. The number of anilines is 2. The van der Waals surface area contributed by atoms with Gasteiger partial charge >= 0.3 is 6.03 Å². The van der Waals surface area contributed by atoms with Crippen molar-refractivity contribution in [2.75, 3.05) is 16.8 Å². The Balaban J connectivity index is 1.57. The first-order valence-corrected chi connectivity index (χ1v) is 12.3. The van der Waals surface area contributed by atoms with Crippen LogP contribution in [0.5, 0.6) is 5.75 Å². The molecular formula is C27H21BrClN3O5. The Kier molecular flexibility index (Phi) is 7.75. The number of hydrogen-bond donors (Lipinski definition) is 2. The second-order valence-corrected chi connectivity index (χ2v) is 9.60. The van der Waals surface area contributed by atoms with Crippen molar-refractivity contribution in [3.05, 3.63) is 92.4 Å².